The van der Waals surface area contributed by atoms with E-state index >= 15 is 0 Å². The molecule has 0 unspecified atom stereocenters. The standard InChI is InChI=1S/C25H23F2N5/c1-15-2-12-20(13-3-15)30-24-23-25(29-14-28-24)32-22(17-6-10-19(27)11-7-17)21(31-23)16-4-8-18(26)9-5-16/h4-11,14-15,20H,2-3,12-13H2,1H3,(H,28,29,30,32). The number of halogens is 2. The smallest absolute Gasteiger partial charge is 0.184 e. The van der Waals surface area contributed by atoms with Crippen LogP contribution in [0.2, 0.25) is 0 Å². The molecular formula is C25H23F2N5. The van der Waals surface area contributed by atoms with E-state index in [1.165, 1.54) is 43.4 Å². The molecule has 5 rings (SSSR count). The van der Waals surface area contributed by atoms with Crippen LogP contribution in [-0.2, 0) is 0 Å². The number of hydrogen-bond donors (Lipinski definition) is 1. The molecule has 7 heteroatoms. The van der Waals surface area contributed by atoms with E-state index in [1.807, 2.05) is 0 Å². The monoisotopic (exact) mass is 431 g/mol. The molecule has 0 aliphatic heterocycles. The van der Waals surface area contributed by atoms with Crippen LogP contribution in [0.4, 0.5) is 14.6 Å². The maximum atomic E-state index is 13.6. The van der Waals surface area contributed by atoms with Crippen molar-refractivity contribution in [2.75, 3.05) is 5.32 Å². The summed E-state index contributed by atoms with van der Waals surface area (Å²) in [6, 6.07) is 12.5. The zero-order valence-corrected chi connectivity index (χ0v) is 17.7. The summed E-state index contributed by atoms with van der Waals surface area (Å²) in [7, 11) is 0. The first kappa shape index (κ1) is 20.4. The second-order valence-corrected chi connectivity index (χ2v) is 8.43. The molecule has 1 N–H and O–H groups in total. The van der Waals surface area contributed by atoms with Gasteiger partial charge in [-0.2, -0.15) is 0 Å². The summed E-state index contributed by atoms with van der Waals surface area (Å²) in [6.07, 6.45) is 6.01. The molecule has 1 saturated carbocycles. The Morgan fingerprint density at radius 2 is 1.31 bits per heavy atom. The molecule has 0 spiro atoms. The Morgan fingerprint density at radius 3 is 1.91 bits per heavy atom. The van der Waals surface area contributed by atoms with Gasteiger partial charge in [0, 0.05) is 17.2 Å². The van der Waals surface area contributed by atoms with Crippen molar-refractivity contribution >= 4 is 17.0 Å². The van der Waals surface area contributed by atoms with E-state index < -0.39 is 0 Å². The summed E-state index contributed by atoms with van der Waals surface area (Å²) >= 11 is 0. The third-order valence-corrected chi connectivity index (χ3v) is 6.06. The Balaban J connectivity index is 1.63. The first-order valence-corrected chi connectivity index (χ1v) is 10.9. The van der Waals surface area contributed by atoms with Crippen LogP contribution in [0.25, 0.3) is 33.7 Å². The van der Waals surface area contributed by atoms with Crippen LogP contribution in [-0.4, -0.2) is 26.0 Å². The zero-order chi connectivity index (χ0) is 22.1. The minimum absolute atomic E-state index is 0.331. The second kappa shape index (κ2) is 8.57. The largest absolute Gasteiger partial charge is 0.365 e. The minimum atomic E-state index is -0.332. The molecular weight excluding hydrogens is 408 g/mol. The van der Waals surface area contributed by atoms with Gasteiger partial charge in [0.1, 0.15) is 18.0 Å². The number of nitrogens with zero attached hydrogens (tertiary/aromatic N) is 4. The first-order chi connectivity index (χ1) is 15.6. The fourth-order valence-electron chi connectivity index (χ4n) is 4.20. The maximum absolute atomic E-state index is 13.6. The van der Waals surface area contributed by atoms with Crippen LogP contribution in [0.5, 0.6) is 0 Å². The van der Waals surface area contributed by atoms with Crippen LogP contribution >= 0.6 is 0 Å². The number of fused-ring (bicyclic) bond motifs is 1. The molecule has 0 saturated heterocycles. The number of hydrogen-bond acceptors (Lipinski definition) is 5. The summed E-state index contributed by atoms with van der Waals surface area (Å²) in [4.78, 5) is 18.4. The molecule has 162 valence electrons. The van der Waals surface area contributed by atoms with Gasteiger partial charge in [-0.25, -0.2) is 28.7 Å². The Bertz CT molecular complexity index is 1230. The Morgan fingerprint density at radius 1 is 0.750 bits per heavy atom. The molecule has 0 bridgehead atoms. The number of anilines is 1. The van der Waals surface area contributed by atoms with Gasteiger partial charge in [0.15, 0.2) is 17.0 Å². The van der Waals surface area contributed by atoms with Crippen LogP contribution in [0.15, 0.2) is 54.9 Å². The number of benzene rings is 2. The molecule has 0 radical (unpaired) electrons. The molecule has 0 atom stereocenters. The van der Waals surface area contributed by atoms with Crippen LogP contribution in [0.1, 0.15) is 32.6 Å². The number of rotatable bonds is 4. The number of nitrogens with one attached hydrogen (secondary N) is 1. The fraction of sp³-hybridized carbons (Fsp3) is 0.280. The van der Waals surface area contributed by atoms with Gasteiger partial charge >= 0.3 is 0 Å². The molecule has 5 nitrogen and oxygen atoms in total. The van der Waals surface area contributed by atoms with Crippen LogP contribution in [0.3, 0.4) is 0 Å². The molecule has 1 aliphatic carbocycles. The SMILES string of the molecule is CC1CCC(Nc2ncnc3nc(-c4ccc(F)cc4)c(-c4ccc(F)cc4)nc23)CC1. The topological polar surface area (TPSA) is 63.6 Å². The lowest BCUT2D eigenvalue weighted by Gasteiger charge is -2.27. The fourth-order valence-corrected chi connectivity index (χ4v) is 4.20. The third kappa shape index (κ3) is 4.15. The van der Waals surface area contributed by atoms with E-state index in [1.54, 1.807) is 24.3 Å². The average Bonchev–Trinajstić information content (AvgIpc) is 2.81. The average molecular weight is 431 g/mol. The summed E-state index contributed by atoms with van der Waals surface area (Å²) < 4.78 is 27.1. The lowest BCUT2D eigenvalue weighted by atomic mass is 9.87. The molecule has 32 heavy (non-hydrogen) atoms. The molecule has 2 aromatic heterocycles. The van der Waals surface area contributed by atoms with Crippen molar-refractivity contribution in [1.82, 2.24) is 19.9 Å². The van der Waals surface area contributed by atoms with E-state index in [9.17, 15) is 8.78 Å². The highest BCUT2D eigenvalue weighted by atomic mass is 19.1. The Hall–Kier alpha value is -3.48. The van der Waals surface area contributed by atoms with Gasteiger partial charge in [0.05, 0.1) is 11.4 Å². The van der Waals surface area contributed by atoms with E-state index in [4.69, 9.17) is 9.97 Å². The van der Waals surface area contributed by atoms with Gasteiger partial charge in [-0.3, -0.25) is 0 Å². The summed E-state index contributed by atoms with van der Waals surface area (Å²) in [5, 5.41) is 3.54. The van der Waals surface area contributed by atoms with E-state index in [0.717, 1.165) is 18.8 Å². The predicted octanol–water partition coefficient (Wildman–Crippen LogP) is 6.02. The van der Waals surface area contributed by atoms with E-state index in [0.29, 0.717) is 45.5 Å². The highest BCUT2D eigenvalue weighted by Gasteiger charge is 2.21. The number of aromatic nitrogens is 4. The van der Waals surface area contributed by atoms with Crippen molar-refractivity contribution in [1.29, 1.82) is 0 Å². The Kier molecular flexibility index (Phi) is 5.47. The molecule has 1 fully saturated rings. The van der Waals surface area contributed by atoms with Crippen molar-refractivity contribution in [2.24, 2.45) is 5.92 Å². The van der Waals surface area contributed by atoms with Crippen molar-refractivity contribution in [3.63, 3.8) is 0 Å². The Labute approximate surface area is 185 Å². The first-order valence-electron chi connectivity index (χ1n) is 10.9. The van der Waals surface area contributed by atoms with Crippen LogP contribution < -0.4 is 5.32 Å². The van der Waals surface area contributed by atoms with E-state index in [-0.39, 0.29) is 11.6 Å². The molecule has 0 amide bonds. The van der Waals surface area contributed by atoms with Gasteiger partial charge < -0.3 is 5.32 Å². The van der Waals surface area contributed by atoms with Gasteiger partial charge in [-0.15, -0.1) is 0 Å². The summed E-state index contributed by atoms with van der Waals surface area (Å²) in [5.41, 5.74) is 3.56. The highest BCUT2D eigenvalue weighted by Crippen LogP contribution is 2.33. The third-order valence-electron chi connectivity index (χ3n) is 6.06. The highest BCUT2D eigenvalue weighted by molar-refractivity contribution is 5.89. The van der Waals surface area contributed by atoms with Gasteiger partial charge in [-0.1, -0.05) is 6.92 Å². The second-order valence-electron chi connectivity index (χ2n) is 8.43. The van der Waals surface area contributed by atoms with Crippen molar-refractivity contribution in [3.05, 3.63) is 66.5 Å². The molecule has 2 heterocycles. The normalized spacial score (nSPS) is 18.6. The summed E-state index contributed by atoms with van der Waals surface area (Å²) in [6.45, 7) is 2.29. The van der Waals surface area contributed by atoms with Crippen molar-refractivity contribution < 1.29 is 8.78 Å². The predicted molar refractivity (Wildman–Crippen MR) is 121 cm³/mol. The van der Waals surface area contributed by atoms with E-state index in [2.05, 4.69) is 22.2 Å². The maximum Gasteiger partial charge on any atom is 0.184 e. The van der Waals surface area contributed by atoms with Gasteiger partial charge in [0.2, 0.25) is 0 Å². The minimum Gasteiger partial charge on any atom is -0.365 e. The molecule has 1 aliphatic rings. The lowest BCUT2D eigenvalue weighted by molar-refractivity contribution is 0.361. The van der Waals surface area contributed by atoms with Gasteiger partial charge in [0.25, 0.3) is 0 Å². The quantitative estimate of drug-likeness (QED) is 0.428. The van der Waals surface area contributed by atoms with Crippen LogP contribution in [0, 0.1) is 17.6 Å². The van der Waals surface area contributed by atoms with Crippen molar-refractivity contribution in [3.8, 4) is 22.5 Å². The lowest BCUT2D eigenvalue weighted by Crippen LogP contribution is -2.26. The molecule has 2 aromatic carbocycles. The molecule has 4 aromatic rings. The van der Waals surface area contributed by atoms with Gasteiger partial charge in [-0.05, 0) is 80.1 Å². The zero-order valence-electron chi connectivity index (χ0n) is 17.7. The summed E-state index contributed by atoms with van der Waals surface area (Å²) in [5.74, 6) is 0.735. The van der Waals surface area contributed by atoms with Crippen molar-refractivity contribution in [2.45, 2.75) is 38.6 Å².